The molecule has 44 heavy (non-hydrogen) atoms. The number of nitrogens with zero attached hydrogens (tertiary/aromatic N) is 7. The normalized spacial score (nSPS) is 17.2. The third-order valence-electron chi connectivity index (χ3n) is 6.83. The Morgan fingerprint density at radius 3 is 2.45 bits per heavy atom. The van der Waals surface area contributed by atoms with Crippen LogP contribution in [0.15, 0.2) is 59.7 Å². The van der Waals surface area contributed by atoms with Crippen LogP contribution in [0.1, 0.15) is 22.6 Å². The van der Waals surface area contributed by atoms with E-state index in [-0.39, 0.29) is 28.5 Å². The van der Waals surface area contributed by atoms with Crippen LogP contribution in [-0.2, 0) is 17.9 Å². The van der Waals surface area contributed by atoms with E-state index in [2.05, 4.69) is 15.2 Å². The van der Waals surface area contributed by atoms with E-state index in [0.717, 1.165) is 9.36 Å². The average Bonchev–Trinajstić information content (AvgIpc) is 3.65. The quantitative estimate of drug-likeness (QED) is 0.280. The minimum atomic E-state index is -5.01. The largest absolute Gasteiger partial charge is 0.416 e. The molecule has 0 aliphatic carbocycles. The lowest BCUT2D eigenvalue weighted by Gasteiger charge is -2.22. The summed E-state index contributed by atoms with van der Waals surface area (Å²) in [5, 5.41) is 18.4. The van der Waals surface area contributed by atoms with Crippen LogP contribution in [0.3, 0.4) is 0 Å². The van der Waals surface area contributed by atoms with Crippen molar-refractivity contribution in [2.75, 3.05) is 6.54 Å². The summed E-state index contributed by atoms with van der Waals surface area (Å²) >= 11 is 5.90. The van der Waals surface area contributed by atoms with Crippen molar-refractivity contribution in [2.24, 2.45) is 5.73 Å². The number of benzene rings is 2. The number of halogens is 6. The number of rotatable bonds is 8. The summed E-state index contributed by atoms with van der Waals surface area (Å²) in [6.45, 7) is -2.58. The zero-order valence-corrected chi connectivity index (χ0v) is 23.1. The van der Waals surface area contributed by atoms with E-state index in [1.807, 2.05) is 0 Å². The summed E-state index contributed by atoms with van der Waals surface area (Å²) in [4.78, 5) is 43.0. The van der Waals surface area contributed by atoms with Crippen molar-refractivity contribution in [3.05, 3.63) is 81.8 Å². The number of carbonyl (C=O) groups is 2. The molecule has 232 valence electrons. The van der Waals surface area contributed by atoms with E-state index in [1.54, 1.807) is 0 Å². The molecule has 0 saturated carbocycles. The third kappa shape index (κ3) is 6.19. The predicted molar refractivity (Wildman–Crippen MR) is 143 cm³/mol. The van der Waals surface area contributed by atoms with Gasteiger partial charge in [-0.3, -0.25) is 14.2 Å². The molecule has 1 saturated heterocycles. The Labute approximate surface area is 249 Å². The van der Waals surface area contributed by atoms with Crippen LogP contribution < -0.4 is 11.4 Å². The molecule has 4 aromatic rings. The van der Waals surface area contributed by atoms with Gasteiger partial charge in [-0.2, -0.15) is 13.2 Å². The molecule has 2 atom stereocenters. The van der Waals surface area contributed by atoms with Crippen molar-refractivity contribution in [2.45, 2.75) is 43.8 Å². The van der Waals surface area contributed by atoms with E-state index < -0.39 is 67.8 Å². The van der Waals surface area contributed by atoms with E-state index in [9.17, 15) is 41.4 Å². The van der Waals surface area contributed by atoms with E-state index >= 15 is 0 Å². The minimum Gasteiger partial charge on any atom is -0.382 e. The molecule has 5 rings (SSSR count). The molecule has 2 aromatic carbocycles. The second-order valence-electron chi connectivity index (χ2n) is 9.97. The van der Waals surface area contributed by atoms with Crippen LogP contribution in [0.5, 0.6) is 0 Å². The number of para-hydroxylation sites is 1. The summed E-state index contributed by atoms with van der Waals surface area (Å²) in [6.07, 6.45) is -7.61. The van der Waals surface area contributed by atoms with Crippen molar-refractivity contribution < 1.29 is 36.6 Å². The Balaban J connectivity index is 1.46. The maximum atomic E-state index is 14.1. The molecule has 12 nitrogen and oxygen atoms in total. The summed E-state index contributed by atoms with van der Waals surface area (Å²) in [7, 11) is 0. The summed E-state index contributed by atoms with van der Waals surface area (Å²) < 4.78 is 70.2. The summed E-state index contributed by atoms with van der Waals surface area (Å²) in [5.41, 5.74) is 4.51. The number of aromatic nitrogens is 6. The zero-order valence-electron chi connectivity index (χ0n) is 22.3. The van der Waals surface area contributed by atoms with Crippen molar-refractivity contribution in [1.29, 1.82) is 0 Å². The van der Waals surface area contributed by atoms with Crippen LogP contribution in [-0.4, -0.2) is 81.7 Å². The lowest BCUT2D eigenvalue weighted by molar-refractivity contribution is -0.207. The second-order valence-corrected chi connectivity index (χ2v) is 10.4. The topological polar surface area (TPSA) is 154 Å². The first-order valence-corrected chi connectivity index (χ1v) is 13.2. The first-order chi connectivity index (χ1) is 20.6. The van der Waals surface area contributed by atoms with Gasteiger partial charge in [-0.15, -0.1) is 10.2 Å². The van der Waals surface area contributed by atoms with Crippen molar-refractivity contribution >= 4 is 23.4 Å². The standard InChI is InChI=1S/C26H22ClF5N8O4/c27-15-7-5-14(6-8-15)22-36-39(24(44)37(22)10-19(41)26(30,31)32)11-20-34-13-40(35-20)17-4-2-1-3-16(17)23(43)38-12-25(28,29)9-18(38)21(33)42/h1-8,13,18-19,41H,9-12H2,(H2,33,42)/t18-,19?/m1/s1. The second kappa shape index (κ2) is 11.5. The van der Waals surface area contributed by atoms with Gasteiger partial charge in [0.1, 0.15) is 18.9 Å². The van der Waals surface area contributed by atoms with Gasteiger partial charge >= 0.3 is 11.9 Å². The maximum absolute atomic E-state index is 14.1. The van der Waals surface area contributed by atoms with Crippen LogP contribution in [0.25, 0.3) is 17.1 Å². The van der Waals surface area contributed by atoms with Gasteiger partial charge in [0, 0.05) is 17.0 Å². The number of primary amides is 1. The molecule has 2 aromatic heterocycles. The number of hydrogen-bond donors (Lipinski definition) is 2. The van der Waals surface area contributed by atoms with E-state index in [4.69, 9.17) is 17.3 Å². The van der Waals surface area contributed by atoms with Gasteiger partial charge in [-0.1, -0.05) is 23.7 Å². The zero-order chi connectivity index (χ0) is 32.0. The van der Waals surface area contributed by atoms with Crippen molar-refractivity contribution in [1.82, 2.24) is 34.0 Å². The fourth-order valence-corrected chi connectivity index (χ4v) is 4.84. The van der Waals surface area contributed by atoms with Crippen LogP contribution >= 0.6 is 11.6 Å². The molecule has 1 unspecified atom stereocenters. The van der Waals surface area contributed by atoms with Gasteiger partial charge in [-0.25, -0.2) is 27.9 Å². The molecule has 1 fully saturated rings. The number of likely N-dealkylation sites (tertiary alicyclic amines) is 1. The van der Waals surface area contributed by atoms with Crippen LogP contribution in [0.4, 0.5) is 22.0 Å². The van der Waals surface area contributed by atoms with Crippen molar-refractivity contribution in [3.63, 3.8) is 0 Å². The molecule has 3 heterocycles. The number of aliphatic hydroxyl groups excluding tert-OH is 1. The van der Waals surface area contributed by atoms with Crippen LogP contribution in [0.2, 0.25) is 5.02 Å². The Morgan fingerprint density at radius 2 is 1.80 bits per heavy atom. The summed E-state index contributed by atoms with van der Waals surface area (Å²) in [6, 6.07) is 10.0. The average molecular weight is 641 g/mol. The highest BCUT2D eigenvalue weighted by Crippen LogP contribution is 2.33. The van der Waals surface area contributed by atoms with Gasteiger partial charge in [0.15, 0.2) is 17.8 Å². The lowest BCUT2D eigenvalue weighted by Crippen LogP contribution is -2.44. The van der Waals surface area contributed by atoms with Gasteiger partial charge < -0.3 is 15.7 Å². The highest BCUT2D eigenvalue weighted by atomic mass is 35.5. The molecular weight excluding hydrogens is 619 g/mol. The molecule has 1 aliphatic heterocycles. The van der Waals surface area contributed by atoms with Crippen molar-refractivity contribution in [3.8, 4) is 17.1 Å². The molecular formula is C26H22ClF5N8O4. The highest BCUT2D eigenvalue weighted by molar-refractivity contribution is 6.30. The number of hydrogen-bond acceptors (Lipinski definition) is 7. The predicted octanol–water partition coefficient (Wildman–Crippen LogP) is 2.25. The minimum absolute atomic E-state index is 0.0549. The molecule has 2 amide bonds. The SMILES string of the molecule is NC(=O)[C@H]1CC(F)(F)CN1C(=O)c1ccccc1-n1cnc(Cn2nc(-c3ccc(Cl)cc3)n(CC(O)C(F)(F)F)c2=O)n1. The van der Waals surface area contributed by atoms with Gasteiger partial charge in [0.25, 0.3) is 11.8 Å². The molecule has 0 bridgehead atoms. The lowest BCUT2D eigenvalue weighted by atomic mass is 10.1. The smallest absolute Gasteiger partial charge is 0.382 e. The summed E-state index contributed by atoms with van der Waals surface area (Å²) in [5.74, 6) is -5.54. The fourth-order valence-electron chi connectivity index (χ4n) is 4.71. The first kappa shape index (κ1) is 30.8. The fraction of sp³-hybridized carbons (Fsp3) is 0.308. The number of nitrogens with two attached hydrogens (primary N) is 1. The maximum Gasteiger partial charge on any atom is 0.416 e. The molecule has 18 heteroatoms. The third-order valence-corrected chi connectivity index (χ3v) is 7.08. The molecule has 0 radical (unpaired) electrons. The first-order valence-electron chi connectivity index (χ1n) is 12.8. The number of carbonyl (C=O) groups excluding carboxylic acids is 2. The molecule has 1 aliphatic rings. The molecule has 3 N–H and O–H groups in total. The van der Waals surface area contributed by atoms with Gasteiger partial charge in [0.05, 0.1) is 24.3 Å². The Hall–Kier alpha value is -4.64. The number of aliphatic hydroxyl groups is 1. The van der Waals surface area contributed by atoms with Crippen LogP contribution in [0, 0.1) is 0 Å². The molecule has 0 spiro atoms. The van der Waals surface area contributed by atoms with Gasteiger partial charge in [-0.05, 0) is 36.4 Å². The number of alkyl halides is 5. The Bertz CT molecular complexity index is 1770. The van der Waals surface area contributed by atoms with E-state index in [1.165, 1.54) is 54.9 Å². The highest BCUT2D eigenvalue weighted by Gasteiger charge is 2.49. The Morgan fingerprint density at radius 1 is 1.11 bits per heavy atom. The van der Waals surface area contributed by atoms with Gasteiger partial charge in [0.2, 0.25) is 5.91 Å². The monoisotopic (exact) mass is 640 g/mol. The van der Waals surface area contributed by atoms with E-state index in [0.29, 0.717) is 14.5 Å². The number of amides is 2. The Kier molecular flexibility index (Phi) is 8.02.